The van der Waals surface area contributed by atoms with Crippen molar-refractivity contribution in [2.24, 2.45) is 0 Å². The van der Waals surface area contributed by atoms with Crippen LogP contribution in [0.1, 0.15) is 82.3 Å². The lowest BCUT2D eigenvalue weighted by molar-refractivity contribution is 0.636. The lowest BCUT2D eigenvalue weighted by Gasteiger charge is -2.11. The molecule has 0 bridgehead atoms. The molecule has 0 saturated heterocycles. The van der Waals surface area contributed by atoms with Crippen LogP contribution in [0.5, 0.6) is 0 Å². The van der Waals surface area contributed by atoms with Crippen LogP contribution in [-0.4, -0.2) is 0 Å². The summed E-state index contributed by atoms with van der Waals surface area (Å²) in [6, 6.07) is 8.89. The molecule has 1 radical (unpaired) electrons. The molecule has 1 aromatic carbocycles. The van der Waals surface area contributed by atoms with E-state index in [1.165, 1.54) is 62.5 Å². The Morgan fingerprint density at radius 1 is 0.900 bits per heavy atom. The third-order valence-electron chi connectivity index (χ3n) is 3.97. The summed E-state index contributed by atoms with van der Waals surface area (Å²) in [5.41, 5.74) is 2.69. The second-order valence-corrected chi connectivity index (χ2v) is 5.74. The highest BCUT2D eigenvalue weighted by atomic mass is 14.1. The molecule has 0 heterocycles. The predicted molar refractivity (Wildman–Crippen MR) is 88.3 cm³/mol. The van der Waals surface area contributed by atoms with Crippen molar-refractivity contribution in [2.45, 2.75) is 77.6 Å². The van der Waals surface area contributed by atoms with Crippen LogP contribution in [0.3, 0.4) is 0 Å². The maximum Gasteiger partial charge on any atom is 0.0462 e. The average Bonchev–Trinajstić information content (AvgIpc) is 2.49. The summed E-state index contributed by atoms with van der Waals surface area (Å²) in [4.78, 5) is 0. The second kappa shape index (κ2) is 10.6. The van der Waals surface area contributed by atoms with Crippen LogP contribution >= 0.6 is 0 Å². The Morgan fingerprint density at radius 3 is 2.15 bits per heavy atom. The average molecular weight is 269 g/mol. The van der Waals surface area contributed by atoms with E-state index in [0.717, 1.165) is 6.42 Å². The highest BCUT2D eigenvalue weighted by Gasteiger charge is 2.07. The molecule has 0 aromatic heterocycles. The lowest BCUT2D eigenvalue weighted by Crippen LogP contribution is -1.96. The van der Waals surface area contributed by atoms with Gasteiger partial charge in [0.05, 0.1) is 0 Å². The molecule has 0 fully saturated rings. The zero-order chi connectivity index (χ0) is 14.6. The number of rotatable bonds is 10. The number of unbranched alkanes of at least 4 members (excludes halogenated alkanes) is 5. The van der Waals surface area contributed by atoms with Gasteiger partial charge in [0.15, 0.2) is 0 Å². The molecule has 1 rings (SSSR count). The van der Waals surface area contributed by atoms with Gasteiger partial charge in [-0.1, -0.05) is 82.6 Å². The number of aryl methyl sites for hydroxylation is 1. The van der Waals surface area contributed by atoms with E-state index in [9.17, 15) is 0 Å². The molecular weight excluding hydrogens is 240 g/mol. The van der Waals surface area contributed by atoms with Crippen molar-refractivity contribution >= 4 is 0 Å². The fourth-order valence-corrected chi connectivity index (χ4v) is 2.59. The first-order valence-corrected chi connectivity index (χ1v) is 8.32. The Bertz CT molecular complexity index is 379. The standard InChI is InChI=1S/C20H29/c1-4-7-9-11-12-18-14-16-20(17-15-18)19(6-3)13-10-8-5-2/h14-17,19H,4-5,7-13H2,1-2H3. The van der Waals surface area contributed by atoms with E-state index < -0.39 is 0 Å². The van der Waals surface area contributed by atoms with E-state index in [0.29, 0.717) is 0 Å². The first-order chi connectivity index (χ1) is 9.81. The van der Waals surface area contributed by atoms with Gasteiger partial charge >= 0.3 is 0 Å². The van der Waals surface area contributed by atoms with Crippen LogP contribution < -0.4 is 0 Å². The van der Waals surface area contributed by atoms with Crippen molar-refractivity contribution in [2.75, 3.05) is 0 Å². The summed E-state index contributed by atoms with van der Waals surface area (Å²) in [6.07, 6.45) is 18.7. The molecule has 0 aliphatic carbocycles. The van der Waals surface area contributed by atoms with Gasteiger partial charge in [-0.15, -0.1) is 0 Å². The third kappa shape index (κ3) is 6.29. The molecule has 0 heteroatoms. The molecule has 1 unspecified atom stereocenters. The van der Waals surface area contributed by atoms with Crippen molar-refractivity contribution in [3.05, 3.63) is 41.8 Å². The van der Waals surface area contributed by atoms with Crippen LogP contribution in [0.4, 0.5) is 0 Å². The van der Waals surface area contributed by atoms with Gasteiger partial charge in [0.1, 0.15) is 0 Å². The molecule has 0 nitrogen and oxygen atoms in total. The smallest absolute Gasteiger partial charge is 0.0462 e. The summed E-state index contributed by atoms with van der Waals surface area (Å²) >= 11 is 0. The van der Waals surface area contributed by atoms with Crippen molar-refractivity contribution in [1.82, 2.24) is 0 Å². The van der Waals surface area contributed by atoms with Crippen LogP contribution in [0, 0.1) is 12.3 Å². The van der Waals surface area contributed by atoms with Crippen LogP contribution in [0.25, 0.3) is 0 Å². The molecule has 20 heavy (non-hydrogen) atoms. The van der Waals surface area contributed by atoms with Gasteiger partial charge < -0.3 is 0 Å². The van der Waals surface area contributed by atoms with Crippen molar-refractivity contribution in [3.8, 4) is 5.92 Å². The molecule has 0 spiro atoms. The normalized spacial score (nSPS) is 12.1. The fraction of sp³-hybridized carbons (Fsp3) is 0.600. The monoisotopic (exact) mass is 269 g/mol. The van der Waals surface area contributed by atoms with E-state index >= 15 is 0 Å². The molecule has 0 aliphatic heterocycles. The minimum absolute atomic E-state index is 0.190. The van der Waals surface area contributed by atoms with Gasteiger partial charge in [0.25, 0.3) is 0 Å². The Hall–Kier alpha value is -1.22. The summed E-state index contributed by atoms with van der Waals surface area (Å²) in [5, 5.41) is 0. The Labute approximate surface area is 126 Å². The van der Waals surface area contributed by atoms with Gasteiger partial charge in [0, 0.05) is 5.92 Å². The molecule has 109 valence electrons. The zero-order valence-corrected chi connectivity index (χ0v) is 13.3. The molecule has 1 aromatic rings. The van der Waals surface area contributed by atoms with Gasteiger partial charge in [-0.2, -0.15) is 0 Å². The van der Waals surface area contributed by atoms with Crippen LogP contribution in [0.15, 0.2) is 24.3 Å². The maximum absolute atomic E-state index is 7.49. The molecule has 0 saturated carbocycles. The molecule has 0 N–H and O–H groups in total. The molecular formula is C20H29. The Kier molecular flexibility index (Phi) is 8.88. The molecule has 0 aliphatic rings. The van der Waals surface area contributed by atoms with Crippen molar-refractivity contribution < 1.29 is 0 Å². The zero-order valence-electron chi connectivity index (χ0n) is 13.3. The van der Waals surface area contributed by atoms with Gasteiger partial charge in [-0.25, -0.2) is 0 Å². The Morgan fingerprint density at radius 2 is 1.55 bits per heavy atom. The Balaban J connectivity index is 2.45. The largest absolute Gasteiger partial charge is 0.0809 e. The number of hydrogen-bond donors (Lipinski definition) is 0. The first-order valence-electron chi connectivity index (χ1n) is 8.32. The van der Waals surface area contributed by atoms with E-state index in [-0.39, 0.29) is 5.92 Å². The fourth-order valence-electron chi connectivity index (χ4n) is 2.59. The van der Waals surface area contributed by atoms with Gasteiger partial charge in [-0.3, -0.25) is 0 Å². The summed E-state index contributed by atoms with van der Waals surface area (Å²) in [6.45, 7) is 4.47. The lowest BCUT2D eigenvalue weighted by atomic mass is 9.92. The predicted octanol–water partition coefficient (Wildman–Crippen LogP) is 6.06. The summed E-state index contributed by atoms with van der Waals surface area (Å²) < 4.78 is 0. The van der Waals surface area contributed by atoms with Gasteiger partial charge in [0.2, 0.25) is 0 Å². The molecule has 1 atom stereocenters. The quantitative estimate of drug-likeness (QED) is 0.357. The maximum atomic E-state index is 7.49. The third-order valence-corrected chi connectivity index (χ3v) is 3.97. The summed E-state index contributed by atoms with van der Waals surface area (Å²) in [7, 11) is 0. The topological polar surface area (TPSA) is 0 Å². The highest BCUT2D eigenvalue weighted by molar-refractivity contribution is 5.29. The van der Waals surface area contributed by atoms with E-state index in [4.69, 9.17) is 6.42 Å². The number of benzene rings is 1. The second-order valence-electron chi connectivity index (χ2n) is 5.74. The van der Waals surface area contributed by atoms with Crippen molar-refractivity contribution in [3.63, 3.8) is 0 Å². The van der Waals surface area contributed by atoms with E-state index in [1.807, 2.05) is 0 Å². The van der Waals surface area contributed by atoms with Crippen molar-refractivity contribution in [1.29, 1.82) is 0 Å². The minimum Gasteiger partial charge on any atom is -0.0809 e. The van der Waals surface area contributed by atoms with Crippen LogP contribution in [0.2, 0.25) is 0 Å². The molecule has 0 amide bonds. The van der Waals surface area contributed by atoms with Gasteiger partial charge in [-0.05, 0) is 36.8 Å². The van der Waals surface area contributed by atoms with E-state index in [2.05, 4.69) is 44.0 Å². The number of hydrogen-bond acceptors (Lipinski definition) is 0. The highest BCUT2D eigenvalue weighted by Crippen LogP contribution is 2.22. The van der Waals surface area contributed by atoms with Crippen LogP contribution in [-0.2, 0) is 6.42 Å². The van der Waals surface area contributed by atoms with E-state index in [1.54, 1.807) is 0 Å². The SMILES string of the molecule is [C]#CC(CCCCC)c1ccc(CCCCCC)cc1. The minimum atomic E-state index is 0.190. The summed E-state index contributed by atoms with van der Waals surface area (Å²) in [5.74, 6) is 2.90. The first kappa shape index (κ1) is 16.8.